The van der Waals surface area contributed by atoms with Crippen LogP contribution in [0.2, 0.25) is 0 Å². The number of rotatable bonds is 4. The SMILES string of the molecule is CCc1nn(C)c(NC2CCCCC2CO)c1N. The van der Waals surface area contributed by atoms with Crippen molar-refractivity contribution in [3.8, 4) is 0 Å². The number of aliphatic hydroxyl groups excluding tert-OH is 1. The summed E-state index contributed by atoms with van der Waals surface area (Å²) >= 11 is 0. The first kappa shape index (κ1) is 13.2. The van der Waals surface area contributed by atoms with Crippen LogP contribution in [-0.2, 0) is 13.5 Å². The van der Waals surface area contributed by atoms with Crippen molar-refractivity contribution in [1.29, 1.82) is 0 Å². The average Bonchev–Trinajstić information content (AvgIpc) is 2.66. The van der Waals surface area contributed by atoms with E-state index in [9.17, 15) is 5.11 Å². The van der Waals surface area contributed by atoms with Gasteiger partial charge in [-0.05, 0) is 19.3 Å². The van der Waals surface area contributed by atoms with Crippen LogP contribution < -0.4 is 11.1 Å². The summed E-state index contributed by atoms with van der Waals surface area (Å²) in [5.41, 5.74) is 7.80. The van der Waals surface area contributed by atoms with Crippen LogP contribution in [-0.4, -0.2) is 27.5 Å². The van der Waals surface area contributed by atoms with E-state index in [0.29, 0.717) is 12.0 Å². The Morgan fingerprint density at radius 1 is 1.44 bits per heavy atom. The van der Waals surface area contributed by atoms with Crippen LogP contribution in [0.1, 0.15) is 38.3 Å². The van der Waals surface area contributed by atoms with E-state index in [1.165, 1.54) is 12.8 Å². The number of aryl methyl sites for hydroxylation is 2. The van der Waals surface area contributed by atoms with E-state index in [-0.39, 0.29) is 6.61 Å². The second-order valence-electron chi connectivity index (χ2n) is 5.16. The fourth-order valence-corrected chi connectivity index (χ4v) is 2.82. The summed E-state index contributed by atoms with van der Waals surface area (Å²) in [5.74, 6) is 1.23. The quantitative estimate of drug-likeness (QED) is 0.759. The number of hydrogen-bond acceptors (Lipinski definition) is 4. The minimum atomic E-state index is 0.246. The molecule has 0 aliphatic heterocycles. The Hall–Kier alpha value is -1.23. The second-order valence-corrected chi connectivity index (χ2v) is 5.16. The molecule has 1 aliphatic carbocycles. The highest BCUT2D eigenvalue weighted by molar-refractivity contribution is 5.65. The average molecular weight is 252 g/mol. The Kier molecular flexibility index (Phi) is 4.11. The topological polar surface area (TPSA) is 76.1 Å². The molecule has 5 nitrogen and oxygen atoms in total. The van der Waals surface area contributed by atoms with Crippen LogP contribution >= 0.6 is 0 Å². The van der Waals surface area contributed by atoms with Gasteiger partial charge in [0.15, 0.2) is 0 Å². The predicted octanol–water partition coefficient (Wildman–Crippen LogP) is 1.53. The van der Waals surface area contributed by atoms with Crippen LogP contribution in [0.5, 0.6) is 0 Å². The van der Waals surface area contributed by atoms with Crippen molar-refractivity contribution in [2.45, 2.75) is 45.1 Å². The van der Waals surface area contributed by atoms with E-state index in [1.54, 1.807) is 0 Å². The van der Waals surface area contributed by atoms with Gasteiger partial charge in [0, 0.05) is 25.6 Å². The van der Waals surface area contributed by atoms with Crippen LogP contribution in [0.25, 0.3) is 0 Å². The zero-order chi connectivity index (χ0) is 13.1. The fraction of sp³-hybridized carbons (Fsp3) is 0.769. The molecule has 1 aromatic heterocycles. The number of nitrogens with zero attached hydrogens (tertiary/aromatic N) is 2. The Bertz CT molecular complexity index is 402. The van der Waals surface area contributed by atoms with Crippen molar-refractivity contribution in [1.82, 2.24) is 9.78 Å². The molecule has 1 aliphatic rings. The van der Waals surface area contributed by atoms with Gasteiger partial charge in [-0.15, -0.1) is 0 Å². The van der Waals surface area contributed by atoms with Crippen LogP contribution in [0.3, 0.4) is 0 Å². The van der Waals surface area contributed by atoms with E-state index in [1.807, 2.05) is 11.7 Å². The molecule has 2 atom stereocenters. The molecule has 4 N–H and O–H groups in total. The largest absolute Gasteiger partial charge is 0.396 e. The zero-order valence-electron chi connectivity index (χ0n) is 11.3. The first-order valence-electron chi connectivity index (χ1n) is 6.86. The maximum Gasteiger partial charge on any atom is 0.148 e. The van der Waals surface area contributed by atoms with Gasteiger partial charge in [-0.25, -0.2) is 0 Å². The molecule has 2 unspecified atom stereocenters. The van der Waals surface area contributed by atoms with Gasteiger partial charge < -0.3 is 16.2 Å². The maximum absolute atomic E-state index is 9.44. The highest BCUT2D eigenvalue weighted by atomic mass is 16.3. The molecule has 1 fully saturated rings. The van der Waals surface area contributed by atoms with E-state index >= 15 is 0 Å². The Morgan fingerprint density at radius 2 is 2.17 bits per heavy atom. The molecule has 0 aromatic carbocycles. The van der Waals surface area contributed by atoms with E-state index in [4.69, 9.17) is 5.73 Å². The third kappa shape index (κ3) is 2.46. The Balaban J connectivity index is 2.15. The van der Waals surface area contributed by atoms with E-state index in [0.717, 1.165) is 36.5 Å². The Morgan fingerprint density at radius 3 is 2.78 bits per heavy atom. The van der Waals surface area contributed by atoms with Gasteiger partial charge in [-0.3, -0.25) is 4.68 Å². The fourth-order valence-electron chi connectivity index (χ4n) is 2.82. The third-order valence-corrected chi connectivity index (χ3v) is 3.96. The summed E-state index contributed by atoms with van der Waals surface area (Å²) in [6.45, 7) is 2.30. The van der Waals surface area contributed by atoms with Crippen molar-refractivity contribution in [3.63, 3.8) is 0 Å². The van der Waals surface area contributed by atoms with Crippen LogP contribution in [0.4, 0.5) is 11.5 Å². The third-order valence-electron chi connectivity index (χ3n) is 3.96. The first-order chi connectivity index (χ1) is 8.67. The van der Waals surface area contributed by atoms with Gasteiger partial charge in [-0.2, -0.15) is 5.10 Å². The van der Waals surface area contributed by atoms with Gasteiger partial charge in [0.1, 0.15) is 5.82 Å². The molecule has 1 aromatic rings. The highest BCUT2D eigenvalue weighted by Crippen LogP contribution is 2.30. The summed E-state index contributed by atoms with van der Waals surface area (Å²) in [5, 5.41) is 17.3. The molecule has 1 heterocycles. The molecule has 1 saturated carbocycles. The molecule has 102 valence electrons. The van der Waals surface area contributed by atoms with Crippen molar-refractivity contribution in [3.05, 3.63) is 5.69 Å². The zero-order valence-corrected chi connectivity index (χ0v) is 11.3. The highest BCUT2D eigenvalue weighted by Gasteiger charge is 2.26. The van der Waals surface area contributed by atoms with Gasteiger partial charge in [0.25, 0.3) is 0 Å². The van der Waals surface area contributed by atoms with Crippen molar-refractivity contribution < 1.29 is 5.11 Å². The number of nitrogen functional groups attached to an aromatic ring is 1. The lowest BCUT2D eigenvalue weighted by molar-refractivity contribution is 0.178. The summed E-state index contributed by atoms with van der Waals surface area (Å²) in [7, 11) is 1.91. The number of aliphatic hydroxyl groups is 1. The molecule has 0 saturated heterocycles. The van der Waals surface area contributed by atoms with Crippen LogP contribution in [0, 0.1) is 5.92 Å². The van der Waals surface area contributed by atoms with E-state index in [2.05, 4.69) is 17.3 Å². The number of nitrogens with one attached hydrogen (secondary N) is 1. The second kappa shape index (κ2) is 5.61. The monoisotopic (exact) mass is 252 g/mol. The number of anilines is 2. The smallest absolute Gasteiger partial charge is 0.148 e. The Labute approximate surface area is 108 Å². The van der Waals surface area contributed by atoms with E-state index < -0.39 is 0 Å². The molecule has 0 amide bonds. The molecule has 5 heteroatoms. The number of hydrogen-bond donors (Lipinski definition) is 3. The van der Waals surface area contributed by atoms with Gasteiger partial charge in [0.2, 0.25) is 0 Å². The summed E-state index contributed by atoms with van der Waals surface area (Å²) in [6, 6.07) is 0.311. The van der Waals surface area contributed by atoms with Crippen molar-refractivity contribution in [2.24, 2.45) is 13.0 Å². The summed E-state index contributed by atoms with van der Waals surface area (Å²) in [4.78, 5) is 0. The molecule has 0 spiro atoms. The van der Waals surface area contributed by atoms with Crippen molar-refractivity contribution in [2.75, 3.05) is 17.7 Å². The van der Waals surface area contributed by atoms with Crippen molar-refractivity contribution >= 4 is 11.5 Å². The maximum atomic E-state index is 9.44. The minimum absolute atomic E-state index is 0.246. The predicted molar refractivity (Wildman–Crippen MR) is 73.5 cm³/mol. The number of aromatic nitrogens is 2. The molecular weight excluding hydrogens is 228 g/mol. The molecule has 2 rings (SSSR count). The van der Waals surface area contributed by atoms with Gasteiger partial charge >= 0.3 is 0 Å². The lowest BCUT2D eigenvalue weighted by Gasteiger charge is -2.31. The lowest BCUT2D eigenvalue weighted by atomic mass is 9.85. The molecule has 0 radical (unpaired) electrons. The molecule has 0 bridgehead atoms. The first-order valence-corrected chi connectivity index (χ1v) is 6.86. The molecular formula is C13H24N4O. The summed E-state index contributed by atoms with van der Waals surface area (Å²) in [6.07, 6.45) is 5.45. The van der Waals surface area contributed by atoms with Gasteiger partial charge in [0.05, 0.1) is 11.4 Å². The van der Waals surface area contributed by atoms with Crippen LogP contribution in [0.15, 0.2) is 0 Å². The normalized spacial score (nSPS) is 24.2. The standard InChI is InChI=1S/C13H24N4O/c1-3-10-12(14)13(17(2)16-10)15-11-7-5-4-6-9(11)8-18/h9,11,15,18H,3-8,14H2,1-2H3. The minimum Gasteiger partial charge on any atom is -0.396 e. The van der Waals surface area contributed by atoms with Gasteiger partial charge in [-0.1, -0.05) is 19.8 Å². The summed E-state index contributed by atoms with van der Waals surface area (Å²) < 4.78 is 1.82. The number of nitrogens with two attached hydrogens (primary N) is 1. The molecule has 18 heavy (non-hydrogen) atoms. The lowest BCUT2D eigenvalue weighted by Crippen LogP contribution is -2.35.